The van der Waals surface area contributed by atoms with E-state index in [4.69, 9.17) is 0 Å². The van der Waals surface area contributed by atoms with Crippen LogP contribution in [0.4, 0.5) is 0 Å². The number of likely N-dealkylation sites (N-methyl/N-ethyl adjacent to an activating group) is 1. The molecule has 0 aliphatic heterocycles. The summed E-state index contributed by atoms with van der Waals surface area (Å²) in [5.41, 5.74) is 1.61. The number of benzene rings is 2. The molecule has 3 rings (SSSR count). The molecular formula is C19H19N3O2S. The van der Waals surface area contributed by atoms with E-state index >= 15 is 0 Å². The van der Waals surface area contributed by atoms with Crippen LogP contribution in [0.1, 0.15) is 5.56 Å². The molecule has 0 radical (unpaired) electrons. The van der Waals surface area contributed by atoms with Gasteiger partial charge in [0.05, 0.1) is 11.7 Å². The molecule has 0 unspecified atom stereocenters. The smallest absolute Gasteiger partial charge is 0.244 e. The monoisotopic (exact) mass is 353 g/mol. The van der Waals surface area contributed by atoms with Crippen molar-refractivity contribution >= 4 is 28.6 Å². The van der Waals surface area contributed by atoms with Crippen molar-refractivity contribution in [1.82, 2.24) is 14.7 Å². The average Bonchev–Trinajstić information content (AvgIpc) is 2.64. The van der Waals surface area contributed by atoms with Gasteiger partial charge in [-0.2, -0.15) is 5.10 Å². The zero-order chi connectivity index (χ0) is 17.8. The highest BCUT2D eigenvalue weighted by Crippen LogP contribution is 2.16. The summed E-state index contributed by atoms with van der Waals surface area (Å²) in [6, 6.07) is 15.4. The highest BCUT2D eigenvalue weighted by molar-refractivity contribution is 7.98. The van der Waals surface area contributed by atoms with Crippen LogP contribution in [0.15, 0.2) is 64.4 Å². The largest absolute Gasteiger partial charge is 0.340 e. The molecule has 0 aliphatic carbocycles. The first-order valence-corrected chi connectivity index (χ1v) is 9.12. The van der Waals surface area contributed by atoms with Crippen LogP contribution in [0, 0.1) is 0 Å². The highest BCUT2D eigenvalue weighted by atomic mass is 32.2. The van der Waals surface area contributed by atoms with Crippen molar-refractivity contribution < 1.29 is 4.79 Å². The number of aromatic nitrogens is 2. The zero-order valence-electron chi connectivity index (χ0n) is 14.2. The number of hydrogen-bond acceptors (Lipinski definition) is 4. The molecule has 0 bridgehead atoms. The number of amides is 1. The molecule has 1 amide bonds. The fourth-order valence-corrected chi connectivity index (χ4v) is 3.04. The Morgan fingerprint density at radius 2 is 1.88 bits per heavy atom. The van der Waals surface area contributed by atoms with Crippen LogP contribution in [-0.2, 0) is 17.9 Å². The Morgan fingerprint density at radius 1 is 1.16 bits per heavy atom. The van der Waals surface area contributed by atoms with Gasteiger partial charge in [-0.15, -0.1) is 11.8 Å². The van der Waals surface area contributed by atoms with Crippen LogP contribution in [0.25, 0.3) is 10.9 Å². The molecule has 3 aromatic rings. The van der Waals surface area contributed by atoms with Crippen molar-refractivity contribution in [2.24, 2.45) is 0 Å². The molecule has 6 heteroatoms. The van der Waals surface area contributed by atoms with Crippen LogP contribution in [0.3, 0.4) is 0 Å². The Hall–Kier alpha value is -2.60. The van der Waals surface area contributed by atoms with Gasteiger partial charge in [-0.25, -0.2) is 0 Å². The summed E-state index contributed by atoms with van der Waals surface area (Å²) in [4.78, 5) is 27.3. The number of carbonyl (C=O) groups excluding carboxylic acids is 1. The molecule has 0 N–H and O–H groups in total. The molecule has 1 aromatic heterocycles. The molecule has 5 nitrogen and oxygen atoms in total. The lowest BCUT2D eigenvalue weighted by Gasteiger charge is -2.18. The molecule has 0 atom stereocenters. The predicted molar refractivity (Wildman–Crippen MR) is 101 cm³/mol. The Labute approximate surface area is 150 Å². The van der Waals surface area contributed by atoms with E-state index in [2.05, 4.69) is 17.2 Å². The molecule has 2 aromatic carbocycles. The molecule has 0 saturated heterocycles. The summed E-state index contributed by atoms with van der Waals surface area (Å²) in [5.74, 6) is -0.0600. The number of carbonyl (C=O) groups is 1. The number of hydrogen-bond donors (Lipinski definition) is 0. The first-order valence-electron chi connectivity index (χ1n) is 7.90. The van der Waals surface area contributed by atoms with Gasteiger partial charge in [0.15, 0.2) is 0 Å². The first kappa shape index (κ1) is 17.2. The second-order valence-electron chi connectivity index (χ2n) is 5.78. The Morgan fingerprint density at radius 3 is 2.60 bits per heavy atom. The number of fused-ring (bicyclic) bond motifs is 1. The maximum absolute atomic E-state index is 12.6. The van der Waals surface area contributed by atoms with E-state index in [-0.39, 0.29) is 17.9 Å². The van der Waals surface area contributed by atoms with Crippen molar-refractivity contribution in [3.63, 3.8) is 0 Å². The lowest BCUT2D eigenvalue weighted by molar-refractivity contribution is -0.131. The summed E-state index contributed by atoms with van der Waals surface area (Å²) >= 11 is 1.69. The minimum absolute atomic E-state index is 0.0600. The molecular weight excluding hydrogens is 334 g/mol. The van der Waals surface area contributed by atoms with Crippen LogP contribution < -0.4 is 5.43 Å². The van der Waals surface area contributed by atoms with Gasteiger partial charge in [-0.05, 0) is 36.1 Å². The van der Waals surface area contributed by atoms with E-state index in [9.17, 15) is 9.59 Å². The fourth-order valence-electron chi connectivity index (χ4n) is 2.63. The van der Waals surface area contributed by atoms with Gasteiger partial charge in [-0.1, -0.05) is 24.3 Å². The van der Waals surface area contributed by atoms with Crippen molar-refractivity contribution in [2.45, 2.75) is 18.0 Å². The predicted octanol–water partition coefficient (Wildman–Crippen LogP) is 2.78. The molecule has 0 aliphatic rings. The van der Waals surface area contributed by atoms with E-state index in [1.807, 2.05) is 24.5 Å². The van der Waals surface area contributed by atoms with Crippen molar-refractivity contribution in [2.75, 3.05) is 13.3 Å². The highest BCUT2D eigenvalue weighted by Gasteiger charge is 2.12. The molecule has 0 saturated carbocycles. The fraction of sp³-hybridized carbons (Fsp3) is 0.211. The number of rotatable bonds is 5. The van der Waals surface area contributed by atoms with Gasteiger partial charge in [0.2, 0.25) is 11.3 Å². The van der Waals surface area contributed by atoms with Crippen LogP contribution in [-0.4, -0.2) is 33.9 Å². The van der Waals surface area contributed by atoms with E-state index < -0.39 is 0 Å². The lowest BCUT2D eigenvalue weighted by Crippen LogP contribution is -2.31. The molecule has 0 spiro atoms. The maximum atomic E-state index is 12.6. The third-order valence-electron chi connectivity index (χ3n) is 4.05. The quantitative estimate of drug-likeness (QED) is 0.662. The van der Waals surface area contributed by atoms with E-state index in [1.54, 1.807) is 46.6 Å². The second kappa shape index (κ2) is 7.53. The minimum atomic E-state index is -0.137. The minimum Gasteiger partial charge on any atom is -0.340 e. The van der Waals surface area contributed by atoms with Gasteiger partial charge in [-0.3, -0.25) is 14.3 Å². The number of nitrogens with zero attached hydrogens (tertiary/aromatic N) is 3. The van der Waals surface area contributed by atoms with Crippen molar-refractivity contribution in [3.05, 3.63) is 70.5 Å². The standard InChI is InChI=1S/C19H19N3O2S/c1-21(12-14-7-9-15(25-2)10-8-14)19(24)13-22-17-6-4-3-5-16(17)18(23)11-20-22/h3-11H,12-13H2,1-2H3. The van der Waals surface area contributed by atoms with Gasteiger partial charge in [0.1, 0.15) is 6.54 Å². The van der Waals surface area contributed by atoms with Crippen LogP contribution >= 0.6 is 11.8 Å². The summed E-state index contributed by atoms with van der Waals surface area (Å²) in [6.45, 7) is 0.631. The summed E-state index contributed by atoms with van der Waals surface area (Å²) in [6.07, 6.45) is 3.29. The van der Waals surface area contributed by atoms with Gasteiger partial charge < -0.3 is 4.90 Å². The number of thioether (sulfide) groups is 1. The van der Waals surface area contributed by atoms with Gasteiger partial charge >= 0.3 is 0 Å². The Balaban J connectivity index is 1.75. The van der Waals surface area contributed by atoms with E-state index in [0.717, 1.165) is 5.56 Å². The van der Waals surface area contributed by atoms with Crippen molar-refractivity contribution in [1.29, 1.82) is 0 Å². The molecule has 1 heterocycles. The zero-order valence-corrected chi connectivity index (χ0v) is 15.0. The molecule has 25 heavy (non-hydrogen) atoms. The lowest BCUT2D eigenvalue weighted by atomic mass is 10.2. The van der Waals surface area contributed by atoms with E-state index in [1.165, 1.54) is 11.1 Å². The van der Waals surface area contributed by atoms with E-state index in [0.29, 0.717) is 17.4 Å². The maximum Gasteiger partial charge on any atom is 0.244 e. The SMILES string of the molecule is CSc1ccc(CN(C)C(=O)Cn2ncc(=O)c3ccccc32)cc1. The molecule has 128 valence electrons. The number of para-hydroxylation sites is 1. The summed E-state index contributed by atoms with van der Waals surface area (Å²) in [5, 5.41) is 4.68. The topological polar surface area (TPSA) is 55.2 Å². The first-order chi connectivity index (χ1) is 12.1. The Kier molecular flexibility index (Phi) is 5.19. The van der Waals surface area contributed by atoms with Gasteiger partial charge in [0, 0.05) is 23.9 Å². The normalized spacial score (nSPS) is 10.8. The van der Waals surface area contributed by atoms with Crippen LogP contribution in [0.5, 0.6) is 0 Å². The second-order valence-corrected chi connectivity index (χ2v) is 6.66. The summed E-state index contributed by atoms with van der Waals surface area (Å²) in [7, 11) is 1.77. The third kappa shape index (κ3) is 3.91. The summed E-state index contributed by atoms with van der Waals surface area (Å²) < 4.78 is 1.58. The Bertz CT molecular complexity index is 951. The van der Waals surface area contributed by atoms with Crippen molar-refractivity contribution in [3.8, 4) is 0 Å². The molecule has 0 fully saturated rings. The average molecular weight is 353 g/mol. The van der Waals surface area contributed by atoms with Crippen LogP contribution in [0.2, 0.25) is 0 Å². The third-order valence-corrected chi connectivity index (χ3v) is 4.80. The van der Waals surface area contributed by atoms with Gasteiger partial charge in [0.25, 0.3) is 0 Å².